The quantitative estimate of drug-likeness (QED) is 0.549. The lowest BCUT2D eigenvalue weighted by Crippen LogP contribution is -2.24. The van der Waals surface area contributed by atoms with Crippen LogP contribution in [0.2, 0.25) is 0 Å². The van der Waals surface area contributed by atoms with Gasteiger partial charge in [-0.15, -0.1) is 10.2 Å². The van der Waals surface area contributed by atoms with Crippen molar-refractivity contribution in [1.82, 2.24) is 15.5 Å². The fraction of sp³-hybridized carbons (Fsp3) is 0.545. The summed E-state index contributed by atoms with van der Waals surface area (Å²) in [7, 11) is 0. The summed E-state index contributed by atoms with van der Waals surface area (Å²) in [6.45, 7) is 3.77. The number of aromatic nitrogens is 2. The van der Waals surface area contributed by atoms with Crippen molar-refractivity contribution < 1.29 is 14.6 Å². The van der Waals surface area contributed by atoms with E-state index in [1.807, 2.05) is 6.92 Å². The normalized spacial score (nSPS) is 10.1. The highest BCUT2D eigenvalue weighted by molar-refractivity contribution is 5.92. The lowest BCUT2D eigenvalue weighted by Gasteiger charge is -2.06. The van der Waals surface area contributed by atoms with Gasteiger partial charge in [0, 0.05) is 13.1 Å². The number of hydrogen-bond donors (Lipinski definition) is 3. The molecule has 1 aromatic heterocycles. The lowest BCUT2D eigenvalue weighted by atomic mass is 10.3. The van der Waals surface area contributed by atoms with Gasteiger partial charge >= 0.3 is 0 Å². The largest absolute Gasteiger partial charge is 0.394 e. The van der Waals surface area contributed by atoms with Gasteiger partial charge in [0.05, 0.1) is 19.8 Å². The summed E-state index contributed by atoms with van der Waals surface area (Å²) in [5, 5.41) is 21.8. The van der Waals surface area contributed by atoms with E-state index in [1.54, 1.807) is 12.1 Å². The van der Waals surface area contributed by atoms with Gasteiger partial charge in [-0.1, -0.05) is 0 Å². The maximum Gasteiger partial charge on any atom is 0.271 e. The monoisotopic (exact) mass is 254 g/mol. The zero-order valence-electron chi connectivity index (χ0n) is 10.3. The molecule has 7 nitrogen and oxygen atoms in total. The highest BCUT2D eigenvalue weighted by Gasteiger charge is 2.05. The van der Waals surface area contributed by atoms with Crippen molar-refractivity contribution in [2.24, 2.45) is 0 Å². The SMILES string of the molecule is CCNC(=O)c1ccc(NCCOCCO)nn1. The summed E-state index contributed by atoms with van der Waals surface area (Å²) >= 11 is 0. The van der Waals surface area contributed by atoms with Crippen LogP contribution in [0.3, 0.4) is 0 Å². The second-order valence-corrected chi connectivity index (χ2v) is 3.43. The number of hydrogen-bond acceptors (Lipinski definition) is 6. The third-order valence-corrected chi connectivity index (χ3v) is 2.02. The number of carbonyl (C=O) groups excluding carboxylic acids is 1. The van der Waals surface area contributed by atoms with Gasteiger partial charge in [0.25, 0.3) is 5.91 Å². The van der Waals surface area contributed by atoms with Gasteiger partial charge in [-0.2, -0.15) is 0 Å². The highest BCUT2D eigenvalue weighted by Crippen LogP contribution is 2.01. The van der Waals surface area contributed by atoms with E-state index in [0.717, 1.165) is 0 Å². The third kappa shape index (κ3) is 5.07. The number of anilines is 1. The Balaban J connectivity index is 2.33. The Kier molecular flexibility index (Phi) is 6.67. The Morgan fingerprint density at radius 1 is 1.39 bits per heavy atom. The van der Waals surface area contributed by atoms with E-state index in [0.29, 0.717) is 37.8 Å². The van der Waals surface area contributed by atoms with Crippen LogP contribution in [-0.4, -0.2) is 54.1 Å². The van der Waals surface area contributed by atoms with E-state index in [-0.39, 0.29) is 12.5 Å². The molecule has 0 unspecified atom stereocenters. The molecule has 1 rings (SSSR count). The van der Waals surface area contributed by atoms with Gasteiger partial charge in [0.2, 0.25) is 0 Å². The van der Waals surface area contributed by atoms with Gasteiger partial charge in [-0.3, -0.25) is 4.79 Å². The minimum Gasteiger partial charge on any atom is -0.394 e. The Morgan fingerprint density at radius 2 is 2.22 bits per heavy atom. The molecule has 3 N–H and O–H groups in total. The standard InChI is InChI=1S/C11H18N4O3/c1-2-12-11(17)9-3-4-10(15-14-9)13-5-7-18-8-6-16/h3-4,16H,2,5-8H2,1H3,(H,12,17)(H,13,15). The molecule has 0 aliphatic carbocycles. The highest BCUT2D eigenvalue weighted by atomic mass is 16.5. The Morgan fingerprint density at radius 3 is 2.83 bits per heavy atom. The van der Waals surface area contributed by atoms with Crippen molar-refractivity contribution in [2.75, 3.05) is 38.2 Å². The average Bonchev–Trinajstić information content (AvgIpc) is 2.39. The Labute approximate surface area is 106 Å². The van der Waals surface area contributed by atoms with Crippen LogP contribution in [0, 0.1) is 0 Å². The second kappa shape index (κ2) is 8.37. The molecule has 1 heterocycles. The van der Waals surface area contributed by atoms with Crippen LogP contribution >= 0.6 is 0 Å². The molecule has 0 saturated heterocycles. The van der Waals surface area contributed by atoms with Crippen molar-refractivity contribution in [3.05, 3.63) is 17.8 Å². The van der Waals surface area contributed by atoms with E-state index in [2.05, 4.69) is 20.8 Å². The zero-order chi connectivity index (χ0) is 13.2. The summed E-state index contributed by atoms with van der Waals surface area (Å²) in [4.78, 5) is 11.4. The molecule has 1 amide bonds. The van der Waals surface area contributed by atoms with E-state index >= 15 is 0 Å². The second-order valence-electron chi connectivity index (χ2n) is 3.43. The molecule has 0 bridgehead atoms. The summed E-state index contributed by atoms with van der Waals surface area (Å²) in [6, 6.07) is 3.29. The first-order valence-electron chi connectivity index (χ1n) is 5.82. The van der Waals surface area contributed by atoms with Crippen LogP contribution in [0.4, 0.5) is 5.82 Å². The predicted molar refractivity (Wildman–Crippen MR) is 66.4 cm³/mol. The summed E-state index contributed by atoms with van der Waals surface area (Å²) in [5.74, 6) is 0.346. The van der Waals surface area contributed by atoms with Gasteiger partial charge in [-0.05, 0) is 19.1 Å². The van der Waals surface area contributed by atoms with Crippen LogP contribution in [0.25, 0.3) is 0 Å². The predicted octanol–water partition coefficient (Wildman–Crippen LogP) is -0.353. The number of nitrogens with zero attached hydrogens (tertiary/aromatic N) is 2. The Bertz CT molecular complexity index is 356. The molecule has 18 heavy (non-hydrogen) atoms. The summed E-state index contributed by atoms with van der Waals surface area (Å²) in [5.41, 5.74) is 0.291. The number of rotatable bonds is 8. The lowest BCUT2D eigenvalue weighted by molar-refractivity contribution is 0.0950. The number of nitrogens with one attached hydrogen (secondary N) is 2. The summed E-state index contributed by atoms with van der Waals surface area (Å²) in [6.07, 6.45) is 0. The van der Waals surface area contributed by atoms with Crippen LogP contribution in [-0.2, 0) is 4.74 Å². The number of amides is 1. The molecule has 0 aliphatic heterocycles. The van der Waals surface area contributed by atoms with Crippen molar-refractivity contribution in [3.8, 4) is 0 Å². The molecular weight excluding hydrogens is 236 g/mol. The van der Waals surface area contributed by atoms with Crippen LogP contribution < -0.4 is 10.6 Å². The van der Waals surface area contributed by atoms with Crippen molar-refractivity contribution >= 4 is 11.7 Å². The molecule has 1 aromatic rings. The molecule has 0 fully saturated rings. The van der Waals surface area contributed by atoms with Gasteiger partial charge in [0.1, 0.15) is 5.82 Å². The smallest absolute Gasteiger partial charge is 0.271 e. The van der Waals surface area contributed by atoms with Crippen LogP contribution in [0.5, 0.6) is 0 Å². The van der Waals surface area contributed by atoms with Crippen molar-refractivity contribution in [1.29, 1.82) is 0 Å². The average molecular weight is 254 g/mol. The Hall–Kier alpha value is -1.73. The summed E-state index contributed by atoms with van der Waals surface area (Å²) < 4.78 is 5.07. The first kappa shape index (κ1) is 14.3. The molecule has 100 valence electrons. The molecule has 0 radical (unpaired) electrons. The van der Waals surface area contributed by atoms with E-state index in [4.69, 9.17) is 9.84 Å². The van der Waals surface area contributed by atoms with Crippen molar-refractivity contribution in [3.63, 3.8) is 0 Å². The minimum atomic E-state index is -0.233. The number of ether oxygens (including phenoxy) is 1. The first-order valence-corrected chi connectivity index (χ1v) is 5.82. The maximum absolute atomic E-state index is 11.4. The van der Waals surface area contributed by atoms with Gasteiger partial charge in [0.15, 0.2) is 5.69 Å². The molecule has 0 aliphatic rings. The van der Waals surface area contributed by atoms with E-state index in [1.165, 1.54) is 0 Å². The molecule has 0 atom stereocenters. The van der Waals surface area contributed by atoms with E-state index < -0.39 is 0 Å². The number of carbonyl (C=O) groups is 1. The fourth-order valence-corrected chi connectivity index (χ4v) is 1.22. The maximum atomic E-state index is 11.4. The van der Waals surface area contributed by atoms with Gasteiger partial charge < -0.3 is 20.5 Å². The van der Waals surface area contributed by atoms with Crippen LogP contribution in [0.1, 0.15) is 17.4 Å². The number of aliphatic hydroxyl groups excluding tert-OH is 1. The van der Waals surface area contributed by atoms with Gasteiger partial charge in [-0.25, -0.2) is 0 Å². The molecule has 0 saturated carbocycles. The third-order valence-electron chi connectivity index (χ3n) is 2.02. The number of aliphatic hydroxyl groups is 1. The topological polar surface area (TPSA) is 96.4 Å². The zero-order valence-corrected chi connectivity index (χ0v) is 10.3. The fourth-order valence-electron chi connectivity index (χ4n) is 1.22. The van der Waals surface area contributed by atoms with E-state index in [9.17, 15) is 4.79 Å². The molecular formula is C11H18N4O3. The molecule has 0 aromatic carbocycles. The van der Waals surface area contributed by atoms with Crippen LogP contribution in [0.15, 0.2) is 12.1 Å². The molecule has 0 spiro atoms. The van der Waals surface area contributed by atoms with Crippen molar-refractivity contribution in [2.45, 2.75) is 6.92 Å². The first-order chi connectivity index (χ1) is 8.77. The molecule has 7 heteroatoms. The minimum absolute atomic E-state index is 0.0149.